The average molecular weight is 264 g/mol. The first-order valence-corrected chi connectivity index (χ1v) is 6.13. The molecule has 0 aliphatic heterocycles. The van der Waals surface area contributed by atoms with Crippen LogP contribution in [-0.2, 0) is 18.9 Å². The number of ether oxygens (including phenoxy) is 4. The van der Waals surface area contributed by atoms with Gasteiger partial charge < -0.3 is 24.1 Å². The van der Waals surface area contributed by atoms with Gasteiger partial charge in [-0.25, -0.2) is 4.79 Å². The number of rotatable bonds is 11. The van der Waals surface area contributed by atoms with E-state index in [1.54, 1.807) is 14.2 Å². The summed E-state index contributed by atoms with van der Waals surface area (Å²) in [5.41, 5.74) is 0. The second kappa shape index (κ2) is 11.3. The molecule has 108 valence electrons. The van der Waals surface area contributed by atoms with Gasteiger partial charge in [0.1, 0.15) is 6.61 Å². The van der Waals surface area contributed by atoms with Crippen molar-refractivity contribution in [1.82, 2.24) is 0 Å². The Hall–Kier alpha value is -0.850. The van der Waals surface area contributed by atoms with E-state index in [9.17, 15) is 4.79 Å². The second-order valence-electron chi connectivity index (χ2n) is 3.93. The summed E-state index contributed by atoms with van der Waals surface area (Å²) in [5, 5.41) is 8.48. The first kappa shape index (κ1) is 17.2. The van der Waals surface area contributed by atoms with E-state index in [0.29, 0.717) is 19.6 Å². The molecule has 0 aromatic carbocycles. The van der Waals surface area contributed by atoms with Gasteiger partial charge in [0, 0.05) is 20.8 Å². The largest absolute Gasteiger partial charge is 0.505 e. The van der Waals surface area contributed by atoms with Gasteiger partial charge in [0.15, 0.2) is 0 Å². The zero-order valence-corrected chi connectivity index (χ0v) is 11.4. The molecule has 2 atom stereocenters. The predicted molar refractivity (Wildman–Crippen MR) is 65.9 cm³/mol. The summed E-state index contributed by atoms with van der Waals surface area (Å²) >= 11 is 0. The first-order valence-electron chi connectivity index (χ1n) is 6.13. The molecule has 0 bridgehead atoms. The molecule has 0 radical (unpaired) electrons. The summed E-state index contributed by atoms with van der Waals surface area (Å²) in [6.07, 6.45) is 0.838. The highest BCUT2D eigenvalue weighted by molar-refractivity contribution is 5.56. The molecule has 0 aromatic heterocycles. The maximum absolute atomic E-state index is 10.4. The minimum atomic E-state index is -1.28. The summed E-state index contributed by atoms with van der Waals surface area (Å²) in [6, 6.07) is 0. The number of hydrogen-bond donors (Lipinski definition) is 1. The van der Waals surface area contributed by atoms with Crippen molar-refractivity contribution in [3.8, 4) is 0 Å². The predicted octanol–water partition coefficient (Wildman–Crippen LogP) is 1.92. The van der Waals surface area contributed by atoms with Crippen molar-refractivity contribution in [2.75, 3.05) is 34.0 Å². The van der Waals surface area contributed by atoms with Gasteiger partial charge in [0.25, 0.3) is 0 Å². The van der Waals surface area contributed by atoms with Gasteiger partial charge in [-0.3, -0.25) is 0 Å². The Labute approximate surface area is 108 Å². The van der Waals surface area contributed by atoms with E-state index in [2.05, 4.69) is 4.74 Å². The third-order valence-corrected chi connectivity index (χ3v) is 2.57. The van der Waals surface area contributed by atoms with Crippen LogP contribution in [0.25, 0.3) is 0 Å². The van der Waals surface area contributed by atoms with Crippen molar-refractivity contribution in [3.05, 3.63) is 0 Å². The van der Waals surface area contributed by atoms with E-state index in [4.69, 9.17) is 19.3 Å². The molecule has 0 rings (SSSR count). The summed E-state index contributed by atoms with van der Waals surface area (Å²) in [6.45, 7) is 3.10. The molecule has 0 fully saturated rings. The van der Waals surface area contributed by atoms with Crippen LogP contribution < -0.4 is 0 Å². The van der Waals surface area contributed by atoms with Crippen molar-refractivity contribution >= 4 is 6.16 Å². The Kier molecular flexibility index (Phi) is 10.7. The molecule has 0 heterocycles. The minimum Gasteiger partial charge on any atom is -0.450 e. The van der Waals surface area contributed by atoms with E-state index < -0.39 is 6.16 Å². The lowest BCUT2D eigenvalue weighted by molar-refractivity contribution is -0.0568. The number of methoxy groups -OCH3 is 2. The molecule has 18 heavy (non-hydrogen) atoms. The van der Waals surface area contributed by atoms with Gasteiger partial charge in [-0.1, -0.05) is 6.92 Å². The fraction of sp³-hybridized carbons (Fsp3) is 0.917. The molecule has 0 amide bonds. The topological polar surface area (TPSA) is 74.2 Å². The molecule has 0 aliphatic rings. The van der Waals surface area contributed by atoms with Crippen LogP contribution in [0.4, 0.5) is 4.79 Å². The molecule has 0 aliphatic carbocycles. The van der Waals surface area contributed by atoms with Crippen molar-refractivity contribution in [3.63, 3.8) is 0 Å². The van der Waals surface area contributed by atoms with Crippen LogP contribution >= 0.6 is 0 Å². The van der Waals surface area contributed by atoms with E-state index in [1.807, 2.05) is 6.92 Å². The van der Waals surface area contributed by atoms with Crippen molar-refractivity contribution in [2.24, 2.45) is 0 Å². The Morgan fingerprint density at radius 2 is 1.94 bits per heavy atom. The molecule has 0 saturated carbocycles. The second-order valence-corrected chi connectivity index (χ2v) is 3.93. The summed E-state index contributed by atoms with van der Waals surface area (Å²) in [5.74, 6) is 0. The van der Waals surface area contributed by atoms with Crippen LogP contribution in [0, 0.1) is 0 Å². The first-order chi connectivity index (χ1) is 8.63. The number of carbonyl (C=O) groups is 1. The van der Waals surface area contributed by atoms with Crippen molar-refractivity contribution in [1.29, 1.82) is 0 Å². The molecule has 1 N–H and O–H groups in total. The number of carboxylic acid groups (broad SMARTS) is 1. The van der Waals surface area contributed by atoms with Gasteiger partial charge in [0.05, 0.1) is 18.8 Å². The maximum Gasteiger partial charge on any atom is 0.505 e. The van der Waals surface area contributed by atoms with E-state index in [-0.39, 0.29) is 18.8 Å². The molecule has 2 unspecified atom stereocenters. The summed E-state index contributed by atoms with van der Waals surface area (Å²) < 4.78 is 20.3. The highest BCUT2D eigenvalue weighted by atomic mass is 16.7. The number of hydrogen-bond acceptors (Lipinski definition) is 5. The fourth-order valence-corrected chi connectivity index (χ4v) is 1.43. The van der Waals surface area contributed by atoms with Gasteiger partial charge in [-0.15, -0.1) is 0 Å². The van der Waals surface area contributed by atoms with Crippen molar-refractivity contribution in [2.45, 2.75) is 38.4 Å². The van der Waals surface area contributed by atoms with Crippen LogP contribution in [-0.4, -0.2) is 57.5 Å². The summed E-state index contributed by atoms with van der Waals surface area (Å²) in [4.78, 5) is 10.4. The van der Waals surface area contributed by atoms with Crippen LogP contribution in [0.3, 0.4) is 0 Å². The average Bonchev–Trinajstić information content (AvgIpc) is 2.36. The summed E-state index contributed by atoms with van der Waals surface area (Å²) in [7, 11) is 3.26. The minimum absolute atomic E-state index is 0.0275. The SMILES string of the molecule is CCC(COC(CCCOC)COC(=O)O)OC. The van der Waals surface area contributed by atoms with Crippen LogP contribution in [0.5, 0.6) is 0 Å². The monoisotopic (exact) mass is 264 g/mol. The third-order valence-electron chi connectivity index (χ3n) is 2.57. The Morgan fingerprint density at radius 3 is 2.44 bits per heavy atom. The van der Waals surface area contributed by atoms with E-state index in [1.165, 1.54) is 0 Å². The Morgan fingerprint density at radius 1 is 1.22 bits per heavy atom. The van der Waals surface area contributed by atoms with Gasteiger partial charge in [0.2, 0.25) is 0 Å². The normalized spacial score (nSPS) is 14.2. The van der Waals surface area contributed by atoms with Crippen LogP contribution in [0.1, 0.15) is 26.2 Å². The Balaban J connectivity index is 3.97. The molecule has 0 aromatic rings. The molecule has 0 saturated heterocycles. The fourth-order valence-electron chi connectivity index (χ4n) is 1.43. The zero-order valence-electron chi connectivity index (χ0n) is 11.4. The molecule has 0 spiro atoms. The third kappa shape index (κ3) is 9.21. The standard InChI is InChI=1S/C12H24O6/c1-4-10(16-3)8-17-11(6-5-7-15-2)9-18-12(13)14/h10-11H,4-9H2,1-3H3,(H,13,14). The lowest BCUT2D eigenvalue weighted by Crippen LogP contribution is -2.27. The maximum atomic E-state index is 10.4. The van der Waals surface area contributed by atoms with E-state index >= 15 is 0 Å². The smallest absolute Gasteiger partial charge is 0.450 e. The highest BCUT2D eigenvalue weighted by Crippen LogP contribution is 2.07. The highest BCUT2D eigenvalue weighted by Gasteiger charge is 2.14. The molecule has 6 heteroatoms. The molecule has 6 nitrogen and oxygen atoms in total. The van der Waals surface area contributed by atoms with Crippen LogP contribution in [0.2, 0.25) is 0 Å². The van der Waals surface area contributed by atoms with Gasteiger partial charge in [-0.2, -0.15) is 0 Å². The van der Waals surface area contributed by atoms with Gasteiger partial charge >= 0.3 is 6.16 Å². The van der Waals surface area contributed by atoms with Crippen molar-refractivity contribution < 1.29 is 28.8 Å². The lowest BCUT2D eigenvalue weighted by Gasteiger charge is -2.20. The molecular weight excluding hydrogens is 240 g/mol. The van der Waals surface area contributed by atoms with Crippen LogP contribution in [0.15, 0.2) is 0 Å². The Bertz CT molecular complexity index is 205. The quantitative estimate of drug-likeness (QED) is 0.454. The van der Waals surface area contributed by atoms with E-state index in [0.717, 1.165) is 12.8 Å². The van der Waals surface area contributed by atoms with Gasteiger partial charge in [-0.05, 0) is 19.3 Å². The molecular formula is C12H24O6. The zero-order chi connectivity index (χ0) is 13.8. The lowest BCUT2D eigenvalue weighted by atomic mass is 10.2.